The van der Waals surface area contributed by atoms with Crippen LogP contribution in [0.25, 0.3) is 0 Å². The van der Waals surface area contributed by atoms with E-state index in [0.29, 0.717) is 36.4 Å². The zero-order chi connectivity index (χ0) is 21.3. The molecule has 8 heteroatoms. The molecule has 0 amide bonds. The molecule has 2 aromatic carbocycles. The minimum absolute atomic E-state index is 0. The lowest BCUT2D eigenvalue weighted by atomic mass is 10.0. The van der Waals surface area contributed by atoms with Crippen molar-refractivity contribution in [3.63, 3.8) is 0 Å². The number of halogens is 1. The lowest BCUT2D eigenvalue weighted by Gasteiger charge is -2.25. The Morgan fingerprint density at radius 2 is 1.68 bits per heavy atom. The zero-order valence-electron chi connectivity index (χ0n) is 17.4. The number of sulfonamides is 1. The van der Waals surface area contributed by atoms with Crippen molar-refractivity contribution < 1.29 is 17.6 Å². The van der Waals surface area contributed by atoms with Crippen LogP contribution in [-0.4, -0.2) is 44.0 Å². The summed E-state index contributed by atoms with van der Waals surface area (Å²) in [5.41, 5.74) is 2.10. The van der Waals surface area contributed by atoms with Crippen LogP contribution in [0.2, 0.25) is 0 Å². The smallest absolute Gasteiger partial charge is 0.243 e. The summed E-state index contributed by atoms with van der Waals surface area (Å²) in [6.45, 7) is 1.30. The van der Waals surface area contributed by atoms with E-state index in [0.717, 1.165) is 11.3 Å². The Kier molecular flexibility index (Phi) is 7.01. The van der Waals surface area contributed by atoms with Crippen molar-refractivity contribution in [1.82, 2.24) is 9.21 Å². The Balaban J connectivity index is 0.00000272. The van der Waals surface area contributed by atoms with Gasteiger partial charge in [0.15, 0.2) is 5.78 Å². The lowest BCUT2D eigenvalue weighted by Crippen LogP contribution is -2.35. The molecule has 0 fully saturated rings. The molecular formula is C23H25ClN2O4S. The van der Waals surface area contributed by atoms with Gasteiger partial charge in [0, 0.05) is 17.7 Å². The van der Waals surface area contributed by atoms with Crippen LogP contribution in [-0.2, 0) is 29.5 Å². The molecule has 0 unspecified atom stereocenters. The Hall–Kier alpha value is -2.45. The van der Waals surface area contributed by atoms with Gasteiger partial charge >= 0.3 is 0 Å². The first kappa shape index (κ1) is 23.2. The van der Waals surface area contributed by atoms with Crippen LogP contribution in [0.1, 0.15) is 33.0 Å². The van der Waals surface area contributed by atoms with Crippen LogP contribution in [0.15, 0.2) is 70.0 Å². The number of carbonyl (C=O) groups excluding carboxylic acids is 1. The molecule has 1 aromatic heterocycles. The van der Waals surface area contributed by atoms with Gasteiger partial charge in [0.25, 0.3) is 0 Å². The number of carbonyl (C=O) groups is 1. The third kappa shape index (κ3) is 4.91. The summed E-state index contributed by atoms with van der Waals surface area (Å²) < 4.78 is 33.6. The second-order valence-corrected chi connectivity index (χ2v) is 9.64. The average Bonchev–Trinajstić information content (AvgIpc) is 3.14. The lowest BCUT2D eigenvalue weighted by molar-refractivity contribution is 0.103. The first-order valence-electron chi connectivity index (χ1n) is 9.80. The van der Waals surface area contributed by atoms with Gasteiger partial charge in [-0.2, -0.15) is 4.31 Å². The summed E-state index contributed by atoms with van der Waals surface area (Å²) in [6.07, 6.45) is 0.621. The van der Waals surface area contributed by atoms with Gasteiger partial charge in [-0.1, -0.05) is 30.3 Å². The van der Waals surface area contributed by atoms with Gasteiger partial charge in [0.1, 0.15) is 11.5 Å². The molecule has 3 aromatic rings. The van der Waals surface area contributed by atoms with Gasteiger partial charge < -0.3 is 9.32 Å². The predicted octanol–water partition coefficient (Wildman–Crippen LogP) is 3.74. The summed E-state index contributed by atoms with van der Waals surface area (Å²) in [7, 11) is 0.252. The van der Waals surface area contributed by atoms with Gasteiger partial charge in [-0.25, -0.2) is 8.42 Å². The first-order chi connectivity index (χ1) is 14.3. The van der Waals surface area contributed by atoms with Gasteiger partial charge in [-0.05, 0) is 56.4 Å². The molecule has 1 aliphatic heterocycles. The predicted molar refractivity (Wildman–Crippen MR) is 121 cm³/mol. The minimum Gasteiger partial charge on any atom is -0.463 e. The molecule has 0 spiro atoms. The van der Waals surface area contributed by atoms with E-state index in [9.17, 15) is 13.2 Å². The normalized spacial score (nSPS) is 14.2. The number of fused-ring (bicyclic) bond motifs is 1. The van der Waals surface area contributed by atoms with E-state index in [2.05, 4.69) is 0 Å². The van der Waals surface area contributed by atoms with E-state index >= 15 is 0 Å². The molecule has 0 saturated carbocycles. The SMILES string of the molecule is CN(C)Cc1cc2c(o1)CN(S(=O)(=O)c1ccc(C(=O)c3ccccc3)cc1)CC2.Cl. The number of benzene rings is 2. The molecule has 6 nitrogen and oxygen atoms in total. The van der Waals surface area contributed by atoms with Gasteiger partial charge in [-0.3, -0.25) is 4.79 Å². The molecule has 164 valence electrons. The van der Waals surface area contributed by atoms with Crippen molar-refractivity contribution in [3.8, 4) is 0 Å². The minimum atomic E-state index is -3.67. The van der Waals surface area contributed by atoms with Crippen molar-refractivity contribution in [1.29, 1.82) is 0 Å². The maximum atomic E-state index is 13.1. The monoisotopic (exact) mass is 460 g/mol. The van der Waals surface area contributed by atoms with Gasteiger partial charge in [0.2, 0.25) is 10.0 Å². The molecule has 4 rings (SSSR count). The highest BCUT2D eigenvalue weighted by Gasteiger charge is 2.30. The molecule has 0 bridgehead atoms. The maximum absolute atomic E-state index is 13.1. The molecular weight excluding hydrogens is 436 g/mol. The van der Waals surface area contributed by atoms with Crippen LogP contribution in [0.5, 0.6) is 0 Å². The molecule has 0 atom stereocenters. The summed E-state index contributed by atoms with van der Waals surface area (Å²) in [6, 6.07) is 17.1. The Bertz CT molecular complexity index is 1160. The first-order valence-corrected chi connectivity index (χ1v) is 11.2. The van der Waals surface area contributed by atoms with Crippen LogP contribution < -0.4 is 0 Å². The number of hydrogen-bond acceptors (Lipinski definition) is 5. The Morgan fingerprint density at radius 3 is 2.32 bits per heavy atom. The quantitative estimate of drug-likeness (QED) is 0.524. The van der Waals surface area contributed by atoms with Crippen molar-refractivity contribution in [2.45, 2.75) is 24.4 Å². The largest absolute Gasteiger partial charge is 0.463 e. The highest BCUT2D eigenvalue weighted by molar-refractivity contribution is 7.89. The molecule has 1 aliphatic rings. The van der Waals surface area contributed by atoms with E-state index < -0.39 is 10.0 Å². The number of nitrogens with zero attached hydrogens (tertiary/aromatic N) is 2. The molecule has 0 aliphatic carbocycles. The van der Waals surface area contributed by atoms with Gasteiger partial charge in [0.05, 0.1) is 18.0 Å². The summed E-state index contributed by atoms with van der Waals surface area (Å²) in [5.74, 6) is 1.41. The fraction of sp³-hybridized carbons (Fsp3) is 0.261. The highest BCUT2D eigenvalue weighted by atomic mass is 35.5. The highest BCUT2D eigenvalue weighted by Crippen LogP contribution is 2.28. The van der Waals surface area contributed by atoms with Crippen LogP contribution in [0.4, 0.5) is 0 Å². The van der Waals surface area contributed by atoms with Crippen molar-refractivity contribution in [2.24, 2.45) is 0 Å². The molecule has 0 N–H and O–H groups in total. The summed E-state index contributed by atoms with van der Waals surface area (Å²) >= 11 is 0. The van der Waals surface area contributed by atoms with E-state index in [1.807, 2.05) is 31.1 Å². The Morgan fingerprint density at radius 1 is 1.03 bits per heavy atom. The molecule has 2 heterocycles. The number of rotatable bonds is 6. The summed E-state index contributed by atoms with van der Waals surface area (Å²) in [4.78, 5) is 14.7. The van der Waals surface area contributed by atoms with E-state index in [1.54, 1.807) is 36.4 Å². The van der Waals surface area contributed by atoms with Crippen LogP contribution in [0.3, 0.4) is 0 Å². The van der Waals surface area contributed by atoms with Crippen molar-refractivity contribution in [2.75, 3.05) is 20.6 Å². The molecule has 0 saturated heterocycles. The second-order valence-electron chi connectivity index (χ2n) is 7.71. The van der Waals surface area contributed by atoms with Crippen molar-refractivity contribution in [3.05, 3.63) is 88.9 Å². The molecule has 31 heavy (non-hydrogen) atoms. The topological polar surface area (TPSA) is 70.8 Å². The number of hydrogen-bond donors (Lipinski definition) is 0. The number of furan rings is 1. The van der Waals surface area contributed by atoms with E-state index in [4.69, 9.17) is 4.42 Å². The third-order valence-electron chi connectivity index (χ3n) is 5.16. The zero-order valence-corrected chi connectivity index (χ0v) is 19.1. The fourth-order valence-electron chi connectivity index (χ4n) is 3.64. The fourth-order valence-corrected chi connectivity index (χ4v) is 5.03. The molecule has 0 radical (unpaired) electrons. The average molecular weight is 461 g/mol. The number of ketones is 1. The summed E-state index contributed by atoms with van der Waals surface area (Å²) in [5, 5.41) is 0. The third-order valence-corrected chi connectivity index (χ3v) is 7.02. The maximum Gasteiger partial charge on any atom is 0.243 e. The van der Waals surface area contributed by atoms with Crippen LogP contribution >= 0.6 is 12.4 Å². The van der Waals surface area contributed by atoms with E-state index in [-0.39, 0.29) is 29.6 Å². The van der Waals surface area contributed by atoms with Gasteiger partial charge in [-0.15, -0.1) is 12.4 Å². The van der Waals surface area contributed by atoms with Crippen molar-refractivity contribution >= 4 is 28.2 Å². The van der Waals surface area contributed by atoms with Crippen LogP contribution in [0, 0.1) is 0 Å². The standard InChI is InChI=1S/C23H24N2O4S.ClH/c1-24(2)15-20-14-19-12-13-25(16-22(19)29-20)30(27,28)21-10-8-18(9-11-21)23(26)17-6-4-3-5-7-17;/h3-11,14H,12-13,15-16H2,1-2H3;1H. The Labute approximate surface area is 188 Å². The second kappa shape index (κ2) is 9.36. The van der Waals surface area contributed by atoms with E-state index in [1.165, 1.54) is 16.4 Å².